The molecule has 1 amide bonds. The molecule has 148 valence electrons. The van der Waals surface area contributed by atoms with E-state index < -0.39 is 0 Å². The molecule has 4 nitrogen and oxygen atoms in total. The molecule has 0 unspecified atom stereocenters. The molecule has 1 aliphatic heterocycles. The van der Waals surface area contributed by atoms with Crippen molar-refractivity contribution in [3.8, 4) is 0 Å². The monoisotopic (exact) mass is 389 g/mol. The minimum absolute atomic E-state index is 0.0777. The molecule has 1 aromatic carbocycles. The van der Waals surface area contributed by atoms with Crippen LogP contribution in [0.2, 0.25) is 0 Å². The van der Waals surface area contributed by atoms with Crippen LogP contribution in [-0.4, -0.2) is 41.9 Å². The van der Waals surface area contributed by atoms with E-state index in [9.17, 15) is 4.79 Å². The number of benzene rings is 1. The lowest BCUT2D eigenvalue weighted by Crippen LogP contribution is -2.48. The number of allylic oxidation sites excluding steroid dienone is 4. The van der Waals surface area contributed by atoms with Crippen LogP contribution in [0.15, 0.2) is 59.8 Å². The van der Waals surface area contributed by atoms with Crippen molar-refractivity contribution in [2.24, 2.45) is 5.73 Å². The molecule has 0 bridgehead atoms. The van der Waals surface area contributed by atoms with Crippen molar-refractivity contribution in [3.63, 3.8) is 0 Å². The Hall–Kier alpha value is -2.04. The highest BCUT2D eigenvalue weighted by Crippen LogP contribution is 2.16. The smallest absolute Gasteiger partial charge is 0.253 e. The van der Waals surface area contributed by atoms with Gasteiger partial charge in [0.15, 0.2) is 0 Å². The van der Waals surface area contributed by atoms with E-state index in [1.807, 2.05) is 49.1 Å². The summed E-state index contributed by atoms with van der Waals surface area (Å²) in [6, 6.07) is 7.53. The summed E-state index contributed by atoms with van der Waals surface area (Å²) in [5, 5.41) is 0.511. The summed E-state index contributed by atoms with van der Waals surface area (Å²) < 4.78 is 0. The molecule has 27 heavy (non-hydrogen) atoms. The zero-order valence-corrected chi connectivity index (χ0v) is 17.5. The second-order valence-electron chi connectivity index (χ2n) is 6.00. The minimum atomic E-state index is 0.0777. The average Bonchev–Trinajstić information content (AvgIpc) is 2.72. The number of carbonyl (C=O) groups excluding carboxylic acids is 1. The molecule has 0 aliphatic carbocycles. The van der Waals surface area contributed by atoms with Crippen molar-refractivity contribution in [3.05, 3.63) is 70.9 Å². The van der Waals surface area contributed by atoms with Crippen molar-refractivity contribution in [1.29, 1.82) is 0 Å². The van der Waals surface area contributed by atoms with Gasteiger partial charge in [0.1, 0.15) is 0 Å². The first-order valence-corrected chi connectivity index (χ1v) is 9.98. The fourth-order valence-corrected chi connectivity index (χ4v) is 2.88. The number of nitrogens with zero attached hydrogens (tertiary/aromatic N) is 2. The maximum atomic E-state index is 12.6. The fraction of sp³-hybridized carbons (Fsp3) is 0.409. The molecule has 1 aliphatic rings. The number of nitrogens with two attached hydrogens (primary N) is 1. The Morgan fingerprint density at radius 2 is 1.67 bits per heavy atom. The highest BCUT2D eigenvalue weighted by Gasteiger charge is 2.22. The van der Waals surface area contributed by atoms with Gasteiger partial charge < -0.3 is 15.5 Å². The normalized spacial score (nSPS) is 14.8. The lowest BCUT2D eigenvalue weighted by atomic mass is 10.1. The number of hydrogen-bond acceptors (Lipinski definition) is 3. The highest BCUT2D eigenvalue weighted by atomic mass is 35.5. The van der Waals surface area contributed by atoms with E-state index in [4.69, 9.17) is 17.3 Å². The Balaban J connectivity index is 0.00000176. The van der Waals surface area contributed by atoms with Crippen LogP contribution < -0.4 is 5.73 Å². The number of piperazine rings is 1. The predicted molar refractivity (Wildman–Crippen MR) is 116 cm³/mol. The quantitative estimate of drug-likeness (QED) is 0.727. The van der Waals surface area contributed by atoms with Crippen LogP contribution in [0.1, 0.15) is 43.1 Å². The van der Waals surface area contributed by atoms with Gasteiger partial charge in [-0.15, -0.1) is 0 Å². The van der Waals surface area contributed by atoms with Crippen LogP contribution >= 0.6 is 11.6 Å². The van der Waals surface area contributed by atoms with E-state index in [1.54, 1.807) is 6.08 Å². The van der Waals surface area contributed by atoms with E-state index in [1.165, 1.54) is 0 Å². The Morgan fingerprint density at radius 1 is 1.11 bits per heavy atom. The van der Waals surface area contributed by atoms with Crippen molar-refractivity contribution < 1.29 is 4.79 Å². The summed E-state index contributed by atoms with van der Waals surface area (Å²) in [7, 11) is 0. The van der Waals surface area contributed by atoms with Crippen LogP contribution in [0.25, 0.3) is 0 Å². The number of halogens is 1. The molecule has 1 aromatic rings. The zero-order chi connectivity index (χ0) is 20.2. The van der Waals surface area contributed by atoms with Crippen molar-refractivity contribution in [1.82, 2.24) is 9.80 Å². The Kier molecular flexibility index (Phi) is 10.5. The summed E-state index contributed by atoms with van der Waals surface area (Å²) in [6.07, 6.45) is 6.90. The van der Waals surface area contributed by atoms with Crippen LogP contribution in [-0.2, 0) is 6.54 Å². The van der Waals surface area contributed by atoms with Crippen molar-refractivity contribution >= 4 is 17.5 Å². The molecule has 0 spiro atoms. The zero-order valence-electron chi connectivity index (χ0n) is 16.7. The van der Waals surface area contributed by atoms with Gasteiger partial charge in [-0.1, -0.05) is 57.2 Å². The van der Waals surface area contributed by atoms with Crippen LogP contribution in [0.3, 0.4) is 0 Å². The van der Waals surface area contributed by atoms with Crippen molar-refractivity contribution in [2.45, 2.75) is 33.7 Å². The van der Waals surface area contributed by atoms with E-state index in [2.05, 4.69) is 24.5 Å². The third kappa shape index (κ3) is 7.24. The van der Waals surface area contributed by atoms with Crippen LogP contribution in [0, 0.1) is 0 Å². The number of rotatable bonds is 6. The van der Waals surface area contributed by atoms with E-state index in [0.29, 0.717) is 30.2 Å². The second-order valence-corrected chi connectivity index (χ2v) is 6.48. The fourth-order valence-electron chi connectivity index (χ4n) is 2.82. The van der Waals surface area contributed by atoms with E-state index in [-0.39, 0.29) is 5.91 Å². The Labute approximate surface area is 169 Å². The number of carbonyl (C=O) groups is 1. The summed E-state index contributed by atoms with van der Waals surface area (Å²) in [6.45, 7) is 13.3. The SMILES string of the molecule is C=C(Cl)/C=C\C(=C/CC)N1CCN(C(=O)c2ccc(CN)cc2)CC1.CC. The lowest BCUT2D eigenvalue weighted by molar-refractivity contribution is 0.0672. The summed E-state index contributed by atoms with van der Waals surface area (Å²) in [5.41, 5.74) is 8.48. The largest absolute Gasteiger partial charge is 0.368 e. The van der Waals surface area contributed by atoms with Crippen LogP contribution in [0.4, 0.5) is 0 Å². The van der Waals surface area contributed by atoms with Crippen LogP contribution in [0.5, 0.6) is 0 Å². The van der Waals surface area contributed by atoms with Gasteiger partial charge in [-0.2, -0.15) is 0 Å². The Bertz CT molecular complexity index is 657. The molecule has 0 aromatic heterocycles. The first kappa shape index (κ1) is 23.0. The third-order valence-corrected chi connectivity index (χ3v) is 4.34. The molecule has 0 radical (unpaired) electrons. The molecule has 1 saturated heterocycles. The molecule has 5 heteroatoms. The first-order chi connectivity index (χ1) is 13.0. The number of amides is 1. The topological polar surface area (TPSA) is 49.6 Å². The van der Waals surface area contributed by atoms with Gasteiger partial charge in [0, 0.05) is 49.0 Å². The van der Waals surface area contributed by atoms with Gasteiger partial charge in [0.25, 0.3) is 5.91 Å². The lowest BCUT2D eigenvalue weighted by Gasteiger charge is -2.36. The summed E-state index contributed by atoms with van der Waals surface area (Å²) in [4.78, 5) is 16.8. The molecular formula is C22H32ClN3O. The average molecular weight is 390 g/mol. The molecule has 2 rings (SSSR count). The van der Waals surface area contributed by atoms with Crippen molar-refractivity contribution in [2.75, 3.05) is 26.2 Å². The van der Waals surface area contributed by atoms with Gasteiger partial charge in [-0.3, -0.25) is 4.79 Å². The molecular weight excluding hydrogens is 358 g/mol. The maximum absolute atomic E-state index is 12.6. The van der Waals surface area contributed by atoms with E-state index >= 15 is 0 Å². The number of hydrogen-bond donors (Lipinski definition) is 1. The predicted octanol–water partition coefficient (Wildman–Crippen LogP) is 4.53. The summed E-state index contributed by atoms with van der Waals surface area (Å²) >= 11 is 5.83. The second kappa shape index (κ2) is 12.4. The summed E-state index contributed by atoms with van der Waals surface area (Å²) in [5.74, 6) is 0.0777. The maximum Gasteiger partial charge on any atom is 0.253 e. The minimum Gasteiger partial charge on any atom is -0.368 e. The standard InChI is InChI=1S/C20H26ClN3O.C2H6/c1-3-4-19(10-5-16(2)21)23-11-13-24(14-12-23)20(25)18-8-6-17(15-22)7-9-18;1-2/h4-10H,2-3,11-15,22H2,1H3;1-2H3/b10-5-,19-4+;. The van der Waals surface area contributed by atoms with E-state index in [0.717, 1.165) is 30.8 Å². The Morgan fingerprint density at radius 3 is 2.15 bits per heavy atom. The molecule has 2 N–H and O–H groups in total. The molecule has 1 heterocycles. The van der Waals surface area contributed by atoms with Gasteiger partial charge in [0.05, 0.1) is 0 Å². The van der Waals surface area contributed by atoms with Gasteiger partial charge in [0.2, 0.25) is 0 Å². The van der Waals surface area contributed by atoms with Gasteiger partial charge in [-0.25, -0.2) is 0 Å². The highest BCUT2D eigenvalue weighted by molar-refractivity contribution is 6.30. The molecule has 0 saturated carbocycles. The first-order valence-electron chi connectivity index (χ1n) is 9.61. The third-order valence-electron chi connectivity index (χ3n) is 4.22. The molecule has 1 fully saturated rings. The molecule has 0 atom stereocenters. The van der Waals surface area contributed by atoms with Gasteiger partial charge >= 0.3 is 0 Å². The van der Waals surface area contributed by atoms with Gasteiger partial charge in [-0.05, 0) is 36.3 Å².